The number of rotatable bonds is 6. The summed E-state index contributed by atoms with van der Waals surface area (Å²) >= 11 is 0. The Hall–Kier alpha value is -3.28. The number of carbonyl (C=O) groups is 1. The van der Waals surface area contributed by atoms with E-state index in [1.807, 2.05) is 24.3 Å². The minimum absolute atomic E-state index is 0.383. The number of anilines is 2. The quantitative estimate of drug-likeness (QED) is 0.449. The Morgan fingerprint density at radius 3 is 2.67 bits per heavy atom. The number of carbonyl (C=O) groups excluding carboxylic acids is 1. The van der Waals surface area contributed by atoms with Crippen LogP contribution in [0.5, 0.6) is 5.75 Å². The number of aliphatic hydroxyl groups is 2. The molecule has 1 aliphatic rings. The summed E-state index contributed by atoms with van der Waals surface area (Å²) in [4.78, 5) is 24.9. The molecule has 0 aliphatic carbocycles. The molecule has 1 fully saturated rings. The molecule has 1 amide bonds. The number of methoxy groups -OCH3 is 1. The number of ether oxygens (including phenoxy) is 2. The van der Waals surface area contributed by atoms with Crippen molar-refractivity contribution in [1.29, 1.82) is 0 Å². The average Bonchev–Trinajstić information content (AvgIpc) is 3.31. The number of fused-ring (bicyclic) bond motifs is 1. The fourth-order valence-corrected chi connectivity index (χ4v) is 3.32. The molecule has 1 unspecified atom stereocenters. The predicted molar refractivity (Wildman–Crippen MR) is 106 cm³/mol. The van der Waals surface area contributed by atoms with Gasteiger partial charge in [0.15, 0.2) is 29.3 Å². The molecule has 1 aliphatic heterocycles. The molecule has 4 N–H and O–H groups in total. The van der Waals surface area contributed by atoms with Crippen LogP contribution in [0.1, 0.15) is 13.2 Å². The van der Waals surface area contributed by atoms with Crippen molar-refractivity contribution in [2.45, 2.75) is 31.5 Å². The molecule has 11 heteroatoms. The summed E-state index contributed by atoms with van der Waals surface area (Å²) in [6.45, 7) is 2.14. The largest absolute Gasteiger partial charge is 0.497 e. The van der Waals surface area contributed by atoms with Crippen LogP contribution in [0.2, 0.25) is 0 Å². The zero-order valence-corrected chi connectivity index (χ0v) is 16.4. The molecule has 0 radical (unpaired) electrons. The van der Waals surface area contributed by atoms with Crippen LogP contribution in [0.25, 0.3) is 11.2 Å². The first-order valence-corrected chi connectivity index (χ1v) is 9.41. The van der Waals surface area contributed by atoms with Crippen molar-refractivity contribution >= 4 is 28.6 Å². The average molecular weight is 414 g/mol. The van der Waals surface area contributed by atoms with Gasteiger partial charge < -0.3 is 30.3 Å². The van der Waals surface area contributed by atoms with Crippen molar-refractivity contribution in [1.82, 2.24) is 24.8 Å². The van der Waals surface area contributed by atoms with Gasteiger partial charge in [0.25, 0.3) is 5.91 Å². The molecule has 11 nitrogen and oxygen atoms in total. The molecule has 3 heterocycles. The summed E-state index contributed by atoms with van der Waals surface area (Å²) in [5.41, 5.74) is 1.60. The van der Waals surface area contributed by atoms with E-state index in [9.17, 15) is 15.0 Å². The summed E-state index contributed by atoms with van der Waals surface area (Å²) in [6, 6.07) is 7.29. The Morgan fingerprint density at radius 2 is 1.97 bits per heavy atom. The Morgan fingerprint density at radius 1 is 1.20 bits per heavy atom. The van der Waals surface area contributed by atoms with E-state index in [-0.39, 0.29) is 0 Å². The maximum atomic E-state index is 12.1. The molecule has 4 atom stereocenters. The van der Waals surface area contributed by atoms with E-state index < -0.39 is 30.4 Å². The molecule has 30 heavy (non-hydrogen) atoms. The van der Waals surface area contributed by atoms with Gasteiger partial charge in [-0.05, 0) is 31.2 Å². The Bertz CT molecular complexity index is 1040. The molecule has 0 saturated carbocycles. The van der Waals surface area contributed by atoms with Gasteiger partial charge in [-0.25, -0.2) is 15.0 Å². The van der Waals surface area contributed by atoms with Gasteiger partial charge in [0, 0.05) is 12.2 Å². The van der Waals surface area contributed by atoms with Gasteiger partial charge in [-0.2, -0.15) is 0 Å². The van der Waals surface area contributed by atoms with Crippen LogP contribution in [0.15, 0.2) is 36.9 Å². The lowest BCUT2D eigenvalue weighted by Crippen LogP contribution is -2.42. The molecular weight excluding hydrogens is 392 g/mol. The highest BCUT2D eigenvalue weighted by Crippen LogP contribution is 2.33. The number of nitrogens with zero attached hydrogens (tertiary/aromatic N) is 4. The number of aliphatic hydroxyl groups excluding tert-OH is 2. The number of amides is 1. The highest BCUT2D eigenvalue weighted by molar-refractivity contribution is 5.85. The summed E-state index contributed by atoms with van der Waals surface area (Å²) in [7, 11) is 1.59. The van der Waals surface area contributed by atoms with Crippen LogP contribution in [0.4, 0.5) is 11.5 Å². The van der Waals surface area contributed by atoms with Crippen LogP contribution < -0.4 is 15.4 Å². The second-order valence-electron chi connectivity index (χ2n) is 6.72. The van der Waals surface area contributed by atoms with Crippen molar-refractivity contribution in [3.8, 4) is 5.75 Å². The van der Waals surface area contributed by atoms with Crippen molar-refractivity contribution < 1.29 is 24.5 Å². The van der Waals surface area contributed by atoms with E-state index in [1.54, 1.807) is 14.0 Å². The molecule has 3 aromatic rings. The summed E-state index contributed by atoms with van der Waals surface area (Å²) in [6.07, 6.45) is -2.15. The lowest BCUT2D eigenvalue weighted by Gasteiger charge is -2.16. The zero-order valence-electron chi connectivity index (χ0n) is 16.4. The third-order valence-electron chi connectivity index (χ3n) is 4.83. The highest BCUT2D eigenvalue weighted by Gasteiger charge is 2.47. The van der Waals surface area contributed by atoms with Crippen LogP contribution in [-0.4, -0.2) is 67.6 Å². The second-order valence-corrected chi connectivity index (χ2v) is 6.72. The van der Waals surface area contributed by atoms with Gasteiger partial charge in [-0.1, -0.05) is 0 Å². The van der Waals surface area contributed by atoms with Crippen LogP contribution in [-0.2, 0) is 9.53 Å². The minimum atomic E-state index is -1.38. The van der Waals surface area contributed by atoms with Gasteiger partial charge in [0.1, 0.15) is 24.3 Å². The first-order valence-electron chi connectivity index (χ1n) is 9.41. The molecular formula is C19H22N6O5. The van der Waals surface area contributed by atoms with Gasteiger partial charge in [0.05, 0.1) is 13.4 Å². The van der Waals surface area contributed by atoms with Crippen molar-refractivity contribution in [2.24, 2.45) is 0 Å². The molecule has 0 bridgehead atoms. The monoisotopic (exact) mass is 414 g/mol. The molecule has 4 rings (SSSR count). The fourth-order valence-electron chi connectivity index (χ4n) is 3.32. The predicted octanol–water partition coefficient (Wildman–Crippen LogP) is 0.334. The number of likely N-dealkylation sites (N-methyl/N-ethyl adjacent to an activating group) is 1. The van der Waals surface area contributed by atoms with Crippen molar-refractivity contribution in [3.63, 3.8) is 0 Å². The first-order chi connectivity index (χ1) is 14.5. The van der Waals surface area contributed by atoms with E-state index in [0.717, 1.165) is 11.4 Å². The number of imidazole rings is 1. The SMILES string of the molecule is CCNC(=O)[C@H]1OC(n2cnc3c(Nc4ccc(OC)cc4)ncnc32)[C@H](O)[C@@H]1O. The lowest BCUT2D eigenvalue weighted by atomic mass is 10.1. The van der Waals surface area contributed by atoms with Crippen LogP contribution in [0, 0.1) is 0 Å². The van der Waals surface area contributed by atoms with Crippen LogP contribution >= 0.6 is 0 Å². The van der Waals surface area contributed by atoms with Gasteiger partial charge >= 0.3 is 0 Å². The van der Waals surface area contributed by atoms with Crippen LogP contribution in [0.3, 0.4) is 0 Å². The number of benzene rings is 1. The third-order valence-corrected chi connectivity index (χ3v) is 4.83. The Labute approximate surface area is 171 Å². The van der Waals surface area contributed by atoms with Gasteiger partial charge in [0.2, 0.25) is 0 Å². The number of hydrogen-bond acceptors (Lipinski definition) is 9. The third kappa shape index (κ3) is 3.54. The van der Waals surface area contributed by atoms with E-state index >= 15 is 0 Å². The second kappa shape index (κ2) is 8.22. The molecule has 158 valence electrons. The van der Waals surface area contributed by atoms with E-state index in [4.69, 9.17) is 9.47 Å². The standard InChI is InChI=1S/C19H22N6O5/c1-3-20-18(28)15-13(26)14(27)19(30-15)25-9-23-12-16(21-8-22-17(12)25)24-10-4-6-11(29-2)7-5-10/h4-9,13-15,19,26-27H,3H2,1-2H3,(H,20,28)(H,21,22,24)/t13-,14+,15-,19?/m0/s1. The lowest BCUT2D eigenvalue weighted by molar-refractivity contribution is -0.137. The van der Waals surface area contributed by atoms with Crippen molar-refractivity contribution in [3.05, 3.63) is 36.9 Å². The normalized spacial score (nSPS) is 23.5. The van der Waals surface area contributed by atoms with Gasteiger partial charge in [-0.15, -0.1) is 0 Å². The van der Waals surface area contributed by atoms with E-state index in [2.05, 4.69) is 25.6 Å². The molecule has 1 saturated heterocycles. The van der Waals surface area contributed by atoms with Crippen molar-refractivity contribution in [2.75, 3.05) is 19.0 Å². The number of hydrogen-bond donors (Lipinski definition) is 4. The highest BCUT2D eigenvalue weighted by atomic mass is 16.6. The Kier molecular flexibility index (Phi) is 5.48. The number of aromatic nitrogens is 4. The fraction of sp³-hybridized carbons (Fsp3) is 0.368. The van der Waals surface area contributed by atoms with Gasteiger partial charge in [-0.3, -0.25) is 9.36 Å². The summed E-state index contributed by atoms with van der Waals surface area (Å²) in [5.74, 6) is 0.690. The minimum Gasteiger partial charge on any atom is -0.497 e. The molecule has 2 aromatic heterocycles. The summed E-state index contributed by atoms with van der Waals surface area (Å²) in [5, 5.41) is 26.5. The maximum absolute atomic E-state index is 12.1. The smallest absolute Gasteiger partial charge is 0.252 e. The maximum Gasteiger partial charge on any atom is 0.252 e. The molecule has 1 aromatic carbocycles. The first kappa shape index (κ1) is 20.0. The van der Waals surface area contributed by atoms with E-state index in [1.165, 1.54) is 17.2 Å². The Balaban J connectivity index is 1.62. The topological polar surface area (TPSA) is 144 Å². The summed E-state index contributed by atoms with van der Waals surface area (Å²) < 4.78 is 12.3. The number of nitrogens with one attached hydrogen (secondary N) is 2. The molecule has 0 spiro atoms. The zero-order chi connectivity index (χ0) is 21.3. The van der Waals surface area contributed by atoms with E-state index in [0.29, 0.717) is 23.5 Å².